The van der Waals surface area contributed by atoms with E-state index in [0.717, 1.165) is 29.9 Å². The Bertz CT molecular complexity index is 1050. The molecule has 4 heteroatoms. The molecule has 34 heavy (non-hydrogen) atoms. The van der Waals surface area contributed by atoms with E-state index in [9.17, 15) is 4.79 Å². The van der Waals surface area contributed by atoms with Crippen molar-refractivity contribution in [2.75, 3.05) is 13.2 Å². The molecule has 0 radical (unpaired) electrons. The van der Waals surface area contributed by atoms with Crippen LogP contribution < -0.4 is 14.9 Å². The van der Waals surface area contributed by atoms with Crippen LogP contribution in [-0.2, 0) is 0 Å². The van der Waals surface area contributed by atoms with Crippen molar-refractivity contribution >= 4 is 11.0 Å². The van der Waals surface area contributed by atoms with Crippen LogP contribution in [0.3, 0.4) is 0 Å². The van der Waals surface area contributed by atoms with Crippen molar-refractivity contribution < 1.29 is 13.9 Å². The Morgan fingerprint density at radius 2 is 1.44 bits per heavy atom. The Morgan fingerprint density at radius 1 is 0.794 bits per heavy atom. The lowest BCUT2D eigenvalue weighted by Gasteiger charge is -2.09. The molecule has 3 aromatic rings. The molecule has 4 nitrogen and oxygen atoms in total. The van der Waals surface area contributed by atoms with Crippen molar-refractivity contribution in [2.24, 2.45) is 5.92 Å². The van der Waals surface area contributed by atoms with E-state index >= 15 is 0 Å². The van der Waals surface area contributed by atoms with E-state index in [1.165, 1.54) is 44.9 Å². The van der Waals surface area contributed by atoms with Crippen LogP contribution in [0.15, 0.2) is 57.9 Å². The second-order valence-corrected chi connectivity index (χ2v) is 9.52. The summed E-state index contributed by atoms with van der Waals surface area (Å²) in [6.45, 7) is 7.99. The summed E-state index contributed by atoms with van der Waals surface area (Å²) >= 11 is 0. The fourth-order valence-electron chi connectivity index (χ4n) is 3.97. The van der Waals surface area contributed by atoms with Gasteiger partial charge < -0.3 is 13.9 Å². The predicted molar refractivity (Wildman–Crippen MR) is 141 cm³/mol. The molecule has 0 saturated carbocycles. The molecule has 3 rings (SSSR count). The zero-order chi connectivity index (χ0) is 24.2. The Morgan fingerprint density at radius 3 is 2.15 bits per heavy atom. The van der Waals surface area contributed by atoms with Gasteiger partial charge in [-0.05, 0) is 48.6 Å². The molecule has 1 aromatic heterocycles. The van der Waals surface area contributed by atoms with Crippen LogP contribution in [0.4, 0.5) is 0 Å². The maximum atomic E-state index is 13.1. The van der Waals surface area contributed by atoms with Crippen molar-refractivity contribution in [1.82, 2.24) is 0 Å². The SMILES string of the molecule is CCCCCCCCCCOc1ccc2c(=O)c(-c3ccc(OCCC(C)C)cc3)coc2c1. The second kappa shape index (κ2) is 13.8. The summed E-state index contributed by atoms with van der Waals surface area (Å²) in [7, 11) is 0. The number of hydrogen-bond donors (Lipinski definition) is 0. The highest BCUT2D eigenvalue weighted by Crippen LogP contribution is 2.25. The molecule has 0 aliphatic carbocycles. The average Bonchev–Trinajstić information content (AvgIpc) is 2.83. The van der Waals surface area contributed by atoms with Crippen molar-refractivity contribution in [3.05, 3.63) is 59.0 Å². The fourth-order valence-corrected chi connectivity index (χ4v) is 3.97. The lowest BCUT2D eigenvalue weighted by Crippen LogP contribution is -2.05. The Hall–Kier alpha value is -2.75. The molecule has 2 aromatic carbocycles. The summed E-state index contributed by atoms with van der Waals surface area (Å²) in [5, 5.41) is 0.564. The summed E-state index contributed by atoms with van der Waals surface area (Å²) < 4.78 is 17.5. The topological polar surface area (TPSA) is 48.7 Å². The minimum absolute atomic E-state index is 0.0376. The first-order valence-electron chi connectivity index (χ1n) is 13.0. The van der Waals surface area contributed by atoms with Crippen LogP contribution in [0.1, 0.15) is 78.6 Å². The zero-order valence-corrected chi connectivity index (χ0v) is 21.1. The Balaban J connectivity index is 1.54. The molecule has 1 heterocycles. The summed E-state index contributed by atoms with van der Waals surface area (Å²) in [4.78, 5) is 13.1. The van der Waals surface area contributed by atoms with Crippen LogP contribution in [0.2, 0.25) is 0 Å². The Labute approximate surface area is 204 Å². The van der Waals surface area contributed by atoms with Gasteiger partial charge in [0.25, 0.3) is 0 Å². The van der Waals surface area contributed by atoms with Gasteiger partial charge in [0.1, 0.15) is 23.3 Å². The molecule has 184 valence electrons. The quantitative estimate of drug-likeness (QED) is 0.212. The number of benzene rings is 2. The number of hydrogen-bond acceptors (Lipinski definition) is 4. The first-order valence-corrected chi connectivity index (χ1v) is 13.0. The van der Waals surface area contributed by atoms with Gasteiger partial charge >= 0.3 is 0 Å². The number of rotatable bonds is 15. The molecule has 0 atom stereocenters. The van der Waals surface area contributed by atoms with Crippen molar-refractivity contribution in [3.63, 3.8) is 0 Å². The van der Waals surface area contributed by atoms with E-state index < -0.39 is 0 Å². The molecule has 0 N–H and O–H groups in total. The van der Waals surface area contributed by atoms with E-state index in [-0.39, 0.29) is 5.43 Å². The number of fused-ring (bicyclic) bond motifs is 1. The van der Waals surface area contributed by atoms with Gasteiger partial charge in [-0.3, -0.25) is 4.79 Å². The largest absolute Gasteiger partial charge is 0.494 e. The summed E-state index contributed by atoms with van der Waals surface area (Å²) in [6.07, 6.45) is 12.7. The van der Waals surface area contributed by atoms with E-state index in [2.05, 4.69) is 20.8 Å². The van der Waals surface area contributed by atoms with E-state index in [4.69, 9.17) is 13.9 Å². The van der Waals surface area contributed by atoms with Crippen LogP contribution >= 0.6 is 0 Å². The van der Waals surface area contributed by atoms with Gasteiger partial charge in [-0.25, -0.2) is 0 Å². The normalized spacial score (nSPS) is 11.3. The monoisotopic (exact) mass is 464 g/mol. The Kier molecular flexibility index (Phi) is 10.5. The number of unbranched alkanes of at least 4 members (excludes halogenated alkanes) is 7. The van der Waals surface area contributed by atoms with Gasteiger partial charge in [-0.15, -0.1) is 0 Å². The van der Waals surface area contributed by atoms with Crippen LogP contribution in [-0.4, -0.2) is 13.2 Å². The molecule has 0 aliphatic rings. The maximum absolute atomic E-state index is 13.1. The van der Waals surface area contributed by atoms with Gasteiger partial charge in [0.2, 0.25) is 0 Å². The number of ether oxygens (including phenoxy) is 2. The molecular weight excluding hydrogens is 424 g/mol. The van der Waals surface area contributed by atoms with E-state index in [1.807, 2.05) is 36.4 Å². The molecule has 0 fully saturated rings. The fraction of sp³-hybridized carbons (Fsp3) is 0.500. The third-order valence-corrected chi connectivity index (χ3v) is 6.14. The van der Waals surface area contributed by atoms with Gasteiger partial charge in [-0.1, -0.05) is 77.8 Å². The van der Waals surface area contributed by atoms with Crippen molar-refractivity contribution in [2.45, 2.75) is 78.6 Å². The minimum Gasteiger partial charge on any atom is -0.494 e. The first-order chi connectivity index (χ1) is 16.6. The van der Waals surface area contributed by atoms with Crippen LogP contribution in [0.25, 0.3) is 22.1 Å². The molecule has 0 aliphatic heterocycles. The summed E-state index contributed by atoms with van der Waals surface area (Å²) in [5.41, 5.74) is 1.89. The van der Waals surface area contributed by atoms with E-state index in [1.54, 1.807) is 12.3 Å². The van der Waals surface area contributed by atoms with Crippen molar-refractivity contribution in [1.29, 1.82) is 0 Å². The molecule has 0 bridgehead atoms. The third-order valence-electron chi connectivity index (χ3n) is 6.14. The zero-order valence-electron chi connectivity index (χ0n) is 21.1. The highest BCUT2D eigenvalue weighted by Gasteiger charge is 2.10. The molecule has 0 saturated heterocycles. The summed E-state index contributed by atoms with van der Waals surface area (Å²) in [6, 6.07) is 13.1. The molecule has 0 spiro atoms. The van der Waals surface area contributed by atoms with Crippen molar-refractivity contribution in [3.8, 4) is 22.6 Å². The first kappa shape index (κ1) is 25.9. The lowest BCUT2D eigenvalue weighted by atomic mass is 10.1. The van der Waals surface area contributed by atoms with Gasteiger partial charge in [0, 0.05) is 6.07 Å². The molecule has 0 unspecified atom stereocenters. The molecule has 0 amide bonds. The van der Waals surface area contributed by atoms with Crippen LogP contribution in [0.5, 0.6) is 11.5 Å². The summed E-state index contributed by atoms with van der Waals surface area (Å²) in [5.74, 6) is 2.17. The third kappa shape index (κ3) is 7.93. The second-order valence-electron chi connectivity index (χ2n) is 9.52. The average molecular weight is 465 g/mol. The van der Waals surface area contributed by atoms with Crippen LogP contribution in [0, 0.1) is 5.92 Å². The van der Waals surface area contributed by atoms with Gasteiger partial charge in [-0.2, -0.15) is 0 Å². The highest BCUT2D eigenvalue weighted by atomic mass is 16.5. The lowest BCUT2D eigenvalue weighted by molar-refractivity contribution is 0.289. The predicted octanol–water partition coefficient (Wildman–Crippen LogP) is 8.40. The minimum atomic E-state index is -0.0376. The maximum Gasteiger partial charge on any atom is 0.200 e. The molecular formula is C30H40O4. The van der Waals surface area contributed by atoms with E-state index in [0.29, 0.717) is 35.7 Å². The highest BCUT2D eigenvalue weighted by molar-refractivity contribution is 5.82. The standard InChI is InChI=1S/C30H40O4/c1-4-5-6-7-8-9-10-11-19-32-26-16-17-27-29(21-26)34-22-28(30(27)31)24-12-14-25(15-13-24)33-20-18-23(2)3/h12-17,21-23H,4-11,18-20H2,1-3H3. The van der Waals surface area contributed by atoms with Gasteiger partial charge in [0.15, 0.2) is 5.43 Å². The van der Waals surface area contributed by atoms with Gasteiger partial charge in [0.05, 0.1) is 24.2 Å². The smallest absolute Gasteiger partial charge is 0.200 e.